The Hall–Kier alpha value is -3.76. The van der Waals surface area contributed by atoms with Crippen LogP contribution in [0.3, 0.4) is 0 Å². The number of ether oxygens (including phenoxy) is 1. The van der Waals surface area contributed by atoms with Crippen LogP contribution in [-0.4, -0.2) is 63.4 Å². The highest BCUT2D eigenvalue weighted by Crippen LogP contribution is 2.44. The number of likely N-dealkylation sites (tertiary alicyclic amines) is 1. The topological polar surface area (TPSA) is 129 Å². The highest BCUT2D eigenvalue weighted by atomic mass is 32.1. The van der Waals surface area contributed by atoms with Crippen molar-refractivity contribution in [1.82, 2.24) is 9.88 Å². The van der Waals surface area contributed by atoms with Crippen molar-refractivity contribution in [2.24, 2.45) is 0 Å². The molecular formula is C24H21N3O6S. The first-order chi connectivity index (χ1) is 16.4. The molecular weight excluding hydrogens is 458 g/mol. The third-order valence-corrected chi connectivity index (χ3v) is 6.97. The van der Waals surface area contributed by atoms with Crippen LogP contribution in [0.25, 0.3) is 11.1 Å². The molecule has 1 unspecified atom stereocenters. The van der Waals surface area contributed by atoms with Crippen molar-refractivity contribution >= 4 is 34.4 Å². The lowest BCUT2D eigenvalue weighted by Gasteiger charge is -2.18. The molecule has 2 aromatic carbocycles. The first kappa shape index (κ1) is 22.1. The Morgan fingerprint density at radius 3 is 2.38 bits per heavy atom. The number of carbonyl (C=O) groups excluding carboxylic acids is 2. The summed E-state index contributed by atoms with van der Waals surface area (Å²) in [5.74, 6) is -1.94. The van der Waals surface area contributed by atoms with Crippen LogP contribution in [0, 0.1) is 0 Å². The Kier molecular flexibility index (Phi) is 5.54. The summed E-state index contributed by atoms with van der Waals surface area (Å²) < 4.78 is 5.49. The molecule has 5 rings (SSSR count). The number of aromatic nitrogens is 1. The lowest BCUT2D eigenvalue weighted by molar-refractivity contribution is -0.156. The Labute approximate surface area is 198 Å². The smallest absolute Gasteiger partial charge is 0.413 e. The van der Waals surface area contributed by atoms with Crippen molar-refractivity contribution in [1.29, 1.82) is 0 Å². The number of benzene rings is 2. The number of amides is 2. The molecule has 0 radical (unpaired) electrons. The SMILES string of the molecule is O=C(Nc1nc(C(=O)N2CCC(O)(C(=O)O)C2)cs1)OCC1c2ccccc2-c2ccccc21. The molecule has 0 bridgehead atoms. The minimum atomic E-state index is -1.95. The van der Waals surface area contributed by atoms with Gasteiger partial charge >= 0.3 is 12.1 Å². The first-order valence-corrected chi connectivity index (χ1v) is 11.6. The fraction of sp³-hybridized carbons (Fsp3) is 0.250. The summed E-state index contributed by atoms with van der Waals surface area (Å²) in [6, 6.07) is 16.1. The summed E-state index contributed by atoms with van der Waals surface area (Å²) in [6.45, 7) is -0.0549. The number of hydrogen-bond donors (Lipinski definition) is 3. The second-order valence-corrected chi connectivity index (χ2v) is 9.16. The highest BCUT2D eigenvalue weighted by Gasteiger charge is 2.45. The van der Waals surface area contributed by atoms with Gasteiger partial charge in [0.05, 0.1) is 6.54 Å². The van der Waals surface area contributed by atoms with Crippen molar-refractivity contribution in [3.05, 3.63) is 70.7 Å². The lowest BCUT2D eigenvalue weighted by atomic mass is 9.98. The summed E-state index contributed by atoms with van der Waals surface area (Å²) in [4.78, 5) is 41.6. The predicted octanol–water partition coefficient (Wildman–Crippen LogP) is 3.17. The van der Waals surface area contributed by atoms with Crippen molar-refractivity contribution in [3.63, 3.8) is 0 Å². The molecule has 3 N–H and O–H groups in total. The van der Waals surface area contributed by atoms with Crippen LogP contribution < -0.4 is 5.32 Å². The van der Waals surface area contributed by atoms with Crippen LogP contribution in [-0.2, 0) is 9.53 Å². The van der Waals surface area contributed by atoms with Crippen LogP contribution in [0.4, 0.5) is 9.93 Å². The molecule has 1 aliphatic carbocycles. The zero-order valence-electron chi connectivity index (χ0n) is 17.9. The quantitative estimate of drug-likeness (QED) is 0.513. The van der Waals surface area contributed by atoms with E-state index in [-0.39, 0.29) is 42.9 Å². The molecule has 174 valence electrons. The minimum absolute atomic E-state index is 0.0525. The van der Waals surface area contributed by atoms with Gasteiger partial charge in [-0.15, -0.1) is 11.3 Å². The van der Waals surface area contributed by atoms with Crippen LogP contribution in [0.5, 0.6) is 0 Å². The number of carbonyl (C=O) groups is 3. The van der Waals surface area contributed by atoms with Crippen LogP contribution in [0.2, 0.25) is 0 Å². The van der Waals surface area contributed by atoms with Gasteiger partial charge in [-0.05, 0) is 22.3 Å². The molecule has 1 saturated heterocycles. The third kappa shape index (κ3) is 3.91. The number of aliphatic hydroxyl groups is 1. The maximum absolute atomic E-state index is 12.6. The van der Waals surface area contributed by atoms with E-state index in [2.05, 4.69) is 22.4 Å². The van der Waals surface area contributed by atoms with E-state index in [4.69, 9.17) is 9.84 Å². The number of β-amino-alcohol motifs (C(OH)–C–C–N with tert-alkyl or cyclic N) is 1. The summed E-state index contributed by atoms with van der Waals surface area (Å²) >= 11 is 1.06. The number of fused-ring (bicyclic) bond motifs is 3. The Morgan fingerprint density at radius 1 is 1.12 bits per heavy atom. The van der Waals surface area contributed by atoms with Gasteiger partial charge in [-0.1, -0.05) is 48.5 Å². The third-order valence-electron chi connectivity index (χ3n) is 6.21. The van der Waals surface area contributed by atoms with Gasteiger partial charge in [-0.2, -0.15) is 0 Å². The number of carboxylic acid groups (broad SMARTS) is 1. The van der Waals surface area contributed by atoms with E-state index in [0.717, 1.165) is 33.6 Å². The summed E-state index contributed by atoms with van der Waals surface area (Å²) in [7, 11) is 0. The average Bonchev–Trinajstić information content (AvgIpc) is 3.54. The van der Waals surface area contributed by atoms with Crippen molar-refractivity contribution in [2.75, 3.05) is 25.0 Å². The highest BCUT2D eigenvalue weighted by molar-refractivity contribution is 7.14. The molecule has 1 atom stereocenters. The van der Waals surface area contributed by atoms with E-state index in [1.807, 2.05) is 36.4 Å². The van der Waals surface area contributed by atoms with Gasteiger partial charge in [-0.3, -0.25) is 10.1 Å². The Bertz CT molecular complexity index is 1250. The number of anilines is 1. The van der Waals surface area contributed by atoms with Gasteiger partial charge in [-0.25, -0.2) is 14.6 Å². The van der Waals surface area contributed by atoms with Crippen molar-refractivity contribution in [2.45, 2.75) is 17.9 Å². The van der Waals surface area contributed by atoms with E-state index in [1.165, 1.54) is 10.3 Å². The molecule has 2 aliphatic rings. The zero-order chi connectivity index (χ0) is 23.9. The molecule has 2 amide bonds. The largest absolute Gasteiger partial charge is 0.479 e. The van der Waals surface area contributed by atoms with Crippen LogP contribution in [0.15, 0.2) is 53.9 Å². The van der Waals surface area contributed by atoms with Crippen LogP contribution >= 0.6 is 11.3 Å². The van der Waals surface area contributed by atoms with E-state index in [9.17, 15) is 19.5 Å². The number of nitrogens with zero attached hydrogens (tertiary/aromatic N) is 2. The summed E-state index contributed by atoms with van der Waals surface area (Å²) in [6.07, 6.45) is -0.736. The summed E-state index contributed by atoms with van der Waals surface area (Å²) in [5.41, 5.74) is 2.58. The van der Waals surface area contributed by atoms with E-state index in [0.29, 0.717) is 0 Å². The average molecular weight is 480 g/mol. The Balaban J connectivity index is 1.21. The van der Waals surface area contributed by atoms with Gasteiger partial charge in [0.15, 0.2) is 10.7 Å². The van der Waals surface area contributed by atoms with Crippen LogP contribution in [0.1, 0.15) is 34.0 Å². The predicted molar refractivity (Wildman–Crippen MR) is 124 cm³/mol. The van der Waals surface area contributed by atoms with Gasteiger partial charge in [0.1, 0.15) is 12.3 Å². The van der Waals surface area contributed by atoms with Gasteiger partial charge in [0.25, 0.3) is 5.91 Å². The molecule has 9 nitrogen and oxygen atoms in total. The number of hydrogen-bond acceptors (Lipinski definition) is 7. The fourth-order valence-electron chi connectivity index (χ4n) is 4.45. The lowest BCUT2D eigenvalue weighted by Crippen LogP contribution is -2.42. The van der Waals surface area contributed by atoms with Gasteiger partial charge in [0, 0.05) is 24.3 Å². The molecule has 10 heteroatoms. The van der Waals surface area contributed by atoms with Crippen molar-refractivity contribution in [3.8, 4) is 11.1 Å². The molecule has 3 aromatic rings. The normalized spacial score (nSPS) is 18.9. The molecule has 1 aromatic heterocycles. The second-order valence-electron chi connectivity index (χ2n) is 8.30. The maximum atomic E-state index is 12.6. The molecule has 2 heterocycles. The summed E-state index contributed by atoms with van der Waals surface area (Å²) in [5, 5.41) is 23.4. The van der Waals surface area contributed by atoms with Gasteiger partial charge < -0.3 is 19.8 Å². The number of carboxylic acids is 1. The zero-order valence-corrected chi connectivity index (χ0v) is 18.7. The van der Waals surface area contributed by atoms with Gasteiger partial charge in [0.2, 0.25) is 0 Å². The Morgan fingerprint density at radius 2 is 1.76 bits per heavy atom. The number of rotatable bonds is 5. The van der Waals surface area contributed by atoms with E-state index < -0.39 is 23.6 Å². The first-order valence-electron chi connectivity index (χ1n) is 10.7. The standard InChI is InChI=1S/C24H21N3O6S/c28-20(27-10-9-24(32,13-27)21(29)30)19-12-34-22(25-19)26-23(31)33-11-18-16-7-3-1-5-14(16)15-6-2-4-8-17(15)18/h1-8,12,18,32H,9-11,13H2,(H,29,30)(H,25,26,31). The number of nitrogens with one attached hydrogen (secondary N) is 1. The monoisotopic (exact) mass is 479 g/mol. The number of thiazole rings is 1. The molecule has 0 saturated carbocycles. The van der Waals surface area contributed by atoms with Crippen molar-refractivity contribution < 1.29 is 29.3 Å². The van der Waals surface area contributed by atoms with E-state index >= 15 is 0 Å². The second kappa shape index (κ2) is 8.54. The van der Waals surface area contributed by atoms with E-state index in [1.54, 1.807) is 0 Å². The molecule has 34 heavy (non-hydrogen) atoms. The molecule has 1 aliphatic heterocycles. The maximum Gasteiger partial charge on any atom is 0.413 e. The molecule has 0 spiro atoms. The number of aliphatic carboxylic acids is 1. The minimum Gasteiger partial charge on any atom is -0.479 e. The molecule has 1 fully saturated rings. The fourth-order valence-corrected chi connectivity index (χ4v) is 5.12.